The van der Waals surface area contributed by atoms with Crippen LogP contribution in [0.25, 0.3) is 0 Å². The first-order valence-electron chi connectivity index (χ1n) is 6.98. The van der Waals surface area contributed by atoms with E-state index < -0.39 is 0 Å². The molecule has 2 aromatic carbocycles. The van der Waals surface area contributed by atoms with E-state index in [0.717, 1.165) is 36.7 Å². The zero-order chi connectivity index (χ0) is 13.6. The van der Waals surface area contributed by atoms with Gasteiger partial charge in [-0.1, -0.05) is 42.5 Å². The molecule has 0 radical (unpaired) electrons. The van der Waals surface area contributed by atoms with Crippen LogP contribution < -0.4 is 10.1 Å². The third kappa shape index (κ3) is 3.18. The van der Waals surface area contributed by atoms with Crippen LogP contribution >= 0.6 is 0 Å². The molecule has 0 unspecified atom stereocenters. The summed E-state index contributed by atoms with van der Waals surface area (Å²) in [6.07, 6.45) is 2.16. The minimum absolute atomic E-state index is 0.575. The molecule has 0 fully saturated rings. The summed E-state index contributed by atoms with van der Waals surface area (Å²) in [7, 11) is 0. The lowest BCUT2D eigenvalue weighted by atomic mass is 10.2. The molecular formula is C17H18N2O. The standard InChI is InChI=1S/C17H18N2O/c1-2-7-14(8-3-1)13-20-16-10-5-4-9-15(16)19-17-11-6-12-18-17/h1-5,7-10H,6,11-13H2,(H,18,19). The average molecular weight is 266 g/mol. The molecule has 3 nitrogen and oxygen atoms in total. The zero-order valence-electron chi connectivity index (χ0n) is 11.4. The molecule has 1 heterocycles. The van der Waals surface area contributed by atoms with E-state index in [2.05, 4.69) is 22.4 Å². The second-order valence-electron chi connectivity index (χ2n) is 4.83. The van der Waals surface area contributed by atoms with Crippen molar-refractivity contribution in [3.8, 4) is 5.75 Å². The maximum Gasteiger partial charge on any atom is 0.143 e. The summed E-state index contributed by atoms with van der Waals surface area (Å²) < 4.78 is 5.92. The Labute approximate surface area is 119 Å². The maximum absolute atomic E-state index is 5.92. The van der Waals surface area contributed by atoms with Crippen LogP contribution in [0.15, 0.2) is 59.6 Å². The van der Waals surface area contributed by atoms with Crippen LogP contribution in [0, 0.1) is 0 Å². The number of nitrogens with one attached hydrogen (secondary N) is 1. The van der Waals surface area contributed by atoms with Crippen molar-refractivity contribution in [2.75, 3.05) is 11.9 Å². The third-order valence-electron chi connectivity index (χ3n) is 3.28. The maximum atomic E-state index is 5.92. The second-order valence-corrected chi connectivity index (χ2v) is 4.83. The monoisotopic (exact) mass is 266 g/mol. The van der Waals surface area contributed by atoms with Gasteiger partial charge < -0.3 is 10.1 Å². The van der Waals surface area contributed by atoms with Gasteiger partial charge in [0.25, 0.3) is 0 Å². The minimum atomic E-state index is 0.575. The summed E-state index contributed by atoms with van der Waals surface area (Å²) in [5, 5.41) is 3.37. The van der Waals surface area contributed by atoms with Gasteiger partial charge in [0, 0.05) is 13.0 Å². The Kier molecular flexibility index (Phi) is 3.97. The van der Waals surface area contributed by atoms with E-state index in [-0.39, 0.29) is 0 Å². The van der Waals surface area contributed by atoms with Crippen molar-refractivity contribution in [2.45, 2.75) is 19.4 Å². The van der Waals surface area contributed by atoms with Crippen LogP contribution in [-0.4, -0.2) is 12.4 Å². The van der Waals surface area contributed by atoms with Crippen LogP contribution in [-0.2, 0) is 6.61 Å². The van der Waals surface area contributed by atoms with Crippen LogP contribution in [0.4, 0.5) is 5.69 Å². The number of amidine groups is 1. The predicted octanol–water partition coefficient (Wildman–Crippen LogP) is 3.87. The number of hydrogen-bond acceptors (Lipinski definition) is 3. The van der Waals surface area contributed by atoms with Gasteiger partial charge in [0.1, 0.15) is 18.2 Å². The lowest BCUT2D eigenvalue weighted by molar-refractivity contribution is 0.308. The summed E-state index contributed by atoms with van der Waals surface area (Å²) in [5.74, 6) is 1.92. The number of nitrogens with zero attached hydrogens (tertiary/aromatic N) is 1. The van der Waals surface area contributed by atoms with E-state index in [1.807, 2.05) is 42.5 Å². The van der Waals surface area contributed by atoms with Gasteiger partial charge in [-0.05, 0) is 24.1 Å². The summed E-state index contributed by atoms with van der Waals surface area (Å²) in [6, 6.07) is 18.2. The van der Waals surface area contributed by atoms with Gasteiger partial charge in [-0.25, -0.2) is 0 Å². The summed E-state index contributed by atoms with van der Waals surface area (Å²) in [6.45, 7) is 1.50. The van der Waals surface area contributed by atoms with E-state index in [1.165, 1.54) is 5.56 Å². The van der Waals surface area contributed by atoms with Crippen LogP contribution in [0.1, 0.15) is 18.4 Å². The van der Waals surface area contributed by atoms with Crippen LogP contribution in [0.2, 0.25) is 0 Å². The molecule has 0 aliphatic carbocycles. The highest BCUT2D eigenvalue weighted by molar-refractivity contribution is 5.97. The lowest BCUT2D eigenvalue weighted by Gasteiger charge is -2.13. The molecule has 0 saturated carbocycles. The molecule has 1 aliphatic rings. The van der Waals surface area contributed by atoms with Crippen molar-refractivity contribution in [3.63, 3.8) is 0 Å². The number of ether oxygens (including phenoxy) is 1. The van der Waals surface area contributed by atoms with Crippen LogP contribution in [0.3, 0.4) is 0 Å². The Morgan fingerprint density at radius 2 is 1.80 bits per heavy atom. The molecule has 0 amide bonds. The summed E-state index contributed by atoms with van der Waals surface area (Å²) in [5.41, 5.74) is 2.16. The van der Waals surface area contributed by atoms with Crippen molar-refractivity contribution >= 4 is 11.5 Å². The first-order chi connectivity index (χ1) is 9.92. The molecule has 102 valence electrons. The number of hydrogen-bond donors (Lipinski definition) is 1. The highest BCUT2D eigenvalue weighted by Gasteiger charge is 2.09. The molecule has 1 aliphatic heterocycles. The predicted molar refractivity (Wildman–Crippen MR) is 82.4 cm³/mol. The molecule has 2 aromatic rings. The highest BCUT2D eigenvalue weighted by Crippen LogP contribution is 2.25. The molecule has 0 saturated heterocycles. The number of rotatable bonds is 4. The van der Waals surface area contributed by atoms with Gasteiger partial charge in [-0.3, -0.25) is 4.99 Å². The Bertz CT molecular complexity index is 593. The Morgan fingerprint density at radius 3 is 2.60 bits per heavy atom. The van der Waals surface area contributed by atoms with Crippen molar-refractivity contribution in [3.05, 3.63) is 60.2 Å². The van der Waals surface area contributed by atoms with Gasteiger partial charge >= 0.3 is 0 Å². The van der Waals surface area contributed by atoms with Gasteiger partial charge in [0.05, 0.1) is 5.69 Å². The fourth-order valence-electron chi connectivity index (χ4n) is 2.23. The third-order valence-corrected chi connectivity index (χ3v) is 3.28. The molecule has 3 rings (SSSR count). The fourth-order valence-corrected chi connectivity index (χ4v) is 2.23. The summed E-state index contributed by atoms with van der Waals surface area (Å²) in [4.78, 5) is 4.44. The largest absolute Gasteiger partial charge is 0.487 e. The van der Waals surface area contributed by atoms with E-state index in [4.69, 9.17) is 4.74 Å². The van der Waals surface area contributed by atoms with Gasteiger partial charge in [0.15, 0.2) is 0 Å². The number of anilines is 1. The molecule has 1 N–H and O–H groups in total. The molecule has 0 spiro atoms. The molecule has 0 atom stereocenters. The topological polar surface area (TPSA) is 33.6 Å². The Morgan fingerprint density at radius 1 is 1.00 bits per heavy atom. The van der Waals surface area contributed by atoms with Gasteiger partial charge in [0.2, 0.25) is 0 Å². The number of aliphatic imine (C=N–C) groups is 1. The summed E-state index contributed by atoms with van der Waals surface area (Å²) >= 11 is 0. The molecular weight excluding hydrogens is 248 g/mol. The average Bonchev–Trinajstić information content (AvgIpc) is 3.00. The quantitative estimate of drug-likeness (QED) is 0.911. The first-order valence-corrected chi connectivity index (χ1v) is 6.98. The van der Waals surface area contributed by atoms with Crippen LogP contribution in [0.5, 0.6) is 5.75 Å². The van der Waals surface area contributed by atoms with E-state index in [0.29, 0.717) is 6.61 Å². The van der Waals surface area contributed by atoms with E-state index in [9.17, 15) is 0 Å². The first kappa shape index (κ1) is 12.7. The van der Waals surface area contributed by atoms with Crippen molar-refractivity contribution in [1.82, 2.24) is 0 Å². The minimum Gasteiger partial charge on any atom is -0.487 e. The van der Waals surface area contributed by atoms with E-state index in [1.54, 1.807) is 0 Å². The fraction of sp³-hybridized carbons (Fsp3) is 0.235. The normalized spacial score (nSPS) is 13.9. The molecule has 0 aromatic heterocycles. The number of para-hydroxylation sites is 2. The highest BCUT2D eigenvalue weighted by atomic mass is 16.5. The number of benzene rings is 2. The van der Waals surface area contributed by atoms with Crippen molar-refractivity contribution in [2.24, 2.45) is 4.99 Å². The van der Waals surface area contributed by atoms with Gasteiger partial charge in [-0.15, -0.1) is 0 Å². The van der Waals surface area contributed by atoms with Crippen molar-refractivity contribution in [1.29, 1.82) is 0 Å². The Balaban J connectivity index is 1.69. The zero-order valence-corrected chi connectivity index (χ0v) is 11.4. The Hall–Kier alpha value is -2.29. The SMILES string of the molecule is c1ccc(COc2ccccc2NC2=NCCC2)cc1. The molecule has 3 heteroatoms. The smallest absolute Gasteiger partial charge is 0.143 e. The van der Waals surface area contributed by atoms with Gasteiger partial charge in [-0.2, -0.15) is 0 Å². The van der Waals surface area contributed by atoms with Crippen molar-refractivity contribution < 1.29 is 4.74 Å². The van der Waals surface area contributed by atoms with E-state index >= 15 is 0 Å². The molecule has 20 heavy (non-hydrogen) atoms. The molecule has 0 bridgehead atoms. The lowest BCUT2D eigenvalue weighted by Crippen LogP contribution is -2.09. The second kappa shape index (κ2) is 6.24.